The standard InChI is InChI=1S/C24H34F2O/c1-3-5-6-8-19-13-15-21(24(26)23(19)25)17-9-11-18(12-10-17)22-16-14-20(27-22)7-4-2/h3,5,13,15,17-18,20,22H,4,6-12,14,16H2,1-2H3/b5-3+. The van der Waals surface area contributed by atoms with Crippen LogP contribution in [0.25, 0.3) is 0 Å². The second-order valence-corrected chi connectivity index (χ2v) is 8.32. The van der Waals surface area contributed by atoms with E-state index in [0.717, 1.165) is 38.5 Å². The maximum absolute atomic E-state index is 14.7. The van der Waals surface area contributed by atoms with Crippen LogP contribution in [-0.4, -0.2) is 12.2 Å². The first-order valence-electron chi connectivity index (χ1n) is 10.9. The second-order valence-electron chi connectivity index (χ2n) is 8.32. The van der Waals surface area contributed by atoms with Crippen LogP contribution in [0, 0.1) is 17.6 Å². The highest BCUT2D eigenvalue weighted by Gasteiger charge is 2.34. The highest BCUT2D eigenvalue weighted by molar-refractivity contribution is 5.29. The van der Waals surface area contributed by atoms with Gasteiger partial charge in [-0.3, -0.25) is 0 Å². The lowest BCUT2D eigenvalue weighted by Crippen LogP contribution is -2.26. The lowest BCUT2D eigenvalue weighted by molar-refractivity contribution is -0.00435. The molecular formula is C24H34F2O. The molecule has 1 aromatic carbocycles. The van der Waals surface area contributed by atoms with E-state index in [1.54, 1.807) is 6.07 Å². The smallest absolute Gasteiger partial charge is 0.162 e. The molecule has 1 saturated heterocycles. The van der Waals surface area contributed by atoms with E-state index in [0.29, 0.717) is 35.7 Å². The van der Waals surface area contributed by atoms with E-state index in [-0.39, 0.29) is 5.92 Å². The SMILES string of the molecule is C/C=C/CCc1ccc(C2CCC(C3CCC(CCC)O3)CC2)c(F)c1F. The third kappa shape index (κ3) is 4.99. The van der Waals surface area contributed by atoms with Gasteiger partial charge in [0.15, 0.2) is 11.6 Å². The Morgan fingerprint density at radius 1 is 1.04 bits per heavy atom. The molecule has 2 unspecified atom stereocenters. The van der Waals surface area contributed by atoms with Crippen molar-refractivity contribution in [3.8, 4) is 0 Å². The van der Waals surface area contributed by atoms with E-state index in [4.69, 9.17) is 4.74 Å². The Bertz CT molecular complexity index is 632. The summed E-state index contributed by atoms with van der Waals surface area (Å²) in [5.41, 5.74) is 1.07. The predicted octanol–water partition coefficient (Wildman–Crippen LogP) is 7.10. The van der Waals surface area contributed by atoms with E-state index in [9.17, 15) is 8.78 Å². The second kappa shape index (κ2) is 9.82. The number of rotatable bonds is 7. The highest BCUT2D eigenvalue weighted by atomic mass is 19.2. The first-order chi connectivity index (χ1) is 13.1. The van der Waals surface area contributed by atoms with Crippen LogP contribution in [-0.2, 0) is 11.2 Å². The van der Waals surface area contributed by atoms with Crippen LogP contribution in [0.5, 0.6) is 0 Å². The molecule has 1 aliphatic heterocycles. The minimum atomic E-state index is -0.638. The van der Waals surface area contributed by atoms with Gasteiger partial charge in [-0.1, -0.05) is 37.6 Å². The maximum atomic E-state index is 14.7. The number of benzene rings is 1. The molecule has 0 radical (unpaired) electrons. The fourth-order valence-corrected chi connectivity index (χ4v) is 4.93. The van der Waals surface area contributed by atoms with Crippen LogP contribution >= 0.6 is 0 Å². The summed E-state index contributed by atoms with van der Waals surface area (Å²) in [6, 6.07) is 3.62. The van der Waals surface area contributed by atoms with Gasteiger partial charge in [0, 0.05) is 0 Å². The van der Waals surface area contributed by atoms with Crippen molar-refractivity contribution in [2.24, 2.45) is 5.92 Å². The van der Waals surface area contributed by atoms with Crippen molar-refractivity contribution >= 4 is 0 Å². The summed E-state index contributed by atoms with van der Waals surface area (Å²) in [4.78, 5) is 0. The van der Waals surface area contributed by atoms with Crippen LogP contribution in [0.4, 0.5) is 8.78 Å². The summed E-state index contributed by atoms with van der Waals surface area (Å²) in [6.07, 6.45) is 14.8. The quantitative estimate of drug-likeness (QED) is 0.461. The first kappa shape index (κ1) is 20.5. The van der Waals surface area contributed by atoms with E-state index in [1.165, 1.54) is 19.3 Å². The first-order valence-corrected chi connectivity index (χ1v) is 10.9. The number of hydrogen-bond acceptors (Lipinski definition) is 1. The third-order valence-corrected chi connectivity index (χ3v) is 6.50. The van der Waals surface area contributed by atoms with Crippen LogP contribution in [0.3, 0.4) is 0 Å². The topological polar surface area (TPSA) is 9.23 Å². The zero-order chi connectivity index (χ0) is 19.2. The normalized spacial score (nSPS) is 28.9. The Morgan fingerprint density at radius 3 is 2.52 bits per heavy atom. The fraction of sp³-hybridized carbons (Fsp3) is 0.667. The summed E-state index contributed by atoms with van der Waals surface area (Å²) < 4.78 is 35.4. The number of aryl methyl sites for hydroxylation is 1. The van der Waals surface area contributed by atoms with Gasteiger partial charge in [-0.25, -0.2) is 8.78 Å². The summed E-state index contributed by atoms with van der Waals surface area (Å²) in [7, 11) is 0. The van der Waals surface area contributed by atoms with Crippen LogP contribution in [0.1, 0.15) is 88.7 Å². The zero-order valence-electron chi connectivity index (χ0n) is 16.9. The van der Waals surface area contributed by atoms with Crippen LogP contribution in [0.2, 0.25) is 0 Å². The van der Waals surface area contributed by atoms with Crippen molar-refractivity contribution in [3.63, 3.8) is 0 Å². The van der Waals surface area contributed by atoms with Gasteiger partial charge in [-0.2, -0.15) is 0 Å². The van der Waals surface area contributed by atoms with Crippen molar-refractivity contribution in [1.29, 1.82) is 0 Å². The monoisotopic (exact) mass is 376 g/mol. The van der Waals surface area contributed by atoms with Gasteiger partial charge < -0.3 is 4.74 Å². The molecule has 1 heterocycles. The molecule has 1 aromatic rings. The van der Waals surface area contributed by atoms with Crippen molar-refractivity contribution in [2.45, 2.75) is 96.2 Å². The highest BCUT2D eigenvalue weighted by Crippen LogP contribution is 2.42. The van der Waals surface area contributed by atoms with E-state index < -0.39 is 11.6 Å². The molecule has 150 valence electrons. The maximum Gasteiger partial charge on any atom is 0.162 e. The number of halogens is 2. The van der Waals surface area contributed by atoms with Crippen molar-refractivity contribution < 1.29 is 13.5 Å². The lowest BCUT2D eigenvalue weighted by atomic mass is 9.76. The van der Waals surface area contributed by atoms with Crippen molar-refractivity contribution in [2.75, 3.05) is 0 Å². The van der Waals surface area contributed by atoms with E-state index in [1.807, 2.05) is 25.1 Å². The minimum Gasteiger partial charge on any atom is -0.375 e. The van der Waals surface area contributed by atoms with Gasteiger partial charge in [0.25, 0.3) is 0 Å². The van der Waals surface area contributed by atoms with E-state index >= 15 is 0 Å². The average molecular weight is 377 g/mol. The number of hydrogen-bond donors (Lipinski definition) is 0. The zero-order valence-corrected chi connectivity index (χ0v) is 16.9. The summed E-state index contributed by atoms with van der Waals surface area (Å²) in [5, 5.41) is 0. The molecule has 27 heavy (non-hydrogen) atoms. The largest absolute Gasteiger partial charge is 0.375 e. The molecule has 0 aromatic heterocycles. The molecule has 0 bridgehead atoms. The molecule has 3 rings (SSSR count). The molecule has 3 heteroatoms. The molecular weight excluding hydrogens is 342 g/mol. The van der Waals surface area contributed by atoms with Crippen LogP contribution < -0.4 is 0 Å². The molecule has 1 saturated carbocycles. The van der Waals surface area contributed by atoms with Gasteiger partial charge in [0.1, 0.15) is 0 Å². The Hall–Kier alpha value is -1.22. The van der Waals surface area contributed by atoms with Gasteiger partial charge in [-0.05, 0) is 87.7 Å². The van der Waals surface area contributed by atoms with Crippen LogP contribution in [0.15, 0.2) is 24.3 Å². The Labute approximate surface area is 163 Å². The average Bonchev–Trinajstić information content (AvgIpc) is 3.15. The number of ether oxygens (including phenoxy) is 1. The molecule has 2 fully saturated rings. The molecule has 2 atom stereocenters. The van der Waals surface area contributed by atoms with Crippen molar-refractivity contribution in [3.05, 3.63) is 47.0 Å². The van der Waals surface area contributed by atoms with E-state index in [2.05, 4.69) is 6.92 Å². The Kier molecular flexibility index (Phi) is 7.46. The predicted molar refractivity (Wildman–Crippen MR) is 107 cm³/mol. The molecule has 1 aliphatic carbocycles. The summed E-state index contributed by atoms with van der Waals surface area (Å²) >= 11 is 0. The van der Waals surface area contributed by atoms with Gasteiger partial charge in [0.05, 0.1) is 12.2 Å². The molecule has 1 nitrogen and oxygen atoms in total. The Morgan fingerprint density at radius 2 is 1.81 bits per heavy atom. The van der Waals surface area contributed by atoms with Crippen molar-refractivity contribution in [1.82, 2.24) is 0 Å². The fourth-order valence-electron chi connectivity index (χ4n) is 4.93. The minimum absolute atomic E-state index is 0.146. The summed E-state index contributed by atoms with van der Waals surface area (Å²) in [5.74, 6) is -0.512. The Balaban J connectivity index is 1.57. The van der Waals surface area contributed by atoms with Gasteiger partial charge in [-0.15, -0.1) is 0 Å². The third-order valence-electron chi connectivity index (χ3n) is 6.50. The molecule has 0 amide bonds. The number of allylic oxidation sites excluding steroid dienone is 2. The molecule has 0 spiro atoms. The summed E-state index contributed by atoms with van der Waals surface area (Å²) in [6.45, 7) is 4.15. The van der Waals surface area contributed by atoms with Gasteiger partial charge in [0.2, 0.25) is 0 Å². The lowest BCUT2D eigenvalue weighted by Gasteiger charge is -2.32. The molecule has 2 aliphatic rings. The molecule has 0 N–H and O–H groups in total. The van der Waals surface area contributed by atoms with Gasteiger partial charge >= 0.3 is 0 Å².